The van der Waals surface area contributed by atoms with Crippen molar-refractivity contribution in [2.24, 2.45) is 0 Å². The molecule has 1 aromatic heterocycles. The van der Waals surface area contributed by atoms with Gasteiger partial charge in [0.05, 0.1) is 24.9 Å². The fraction of sp³-hybridized carbons (Fsp3) is 0.222. The average molecular weight is 498 g/mol. The Morgan fingerprint density at radius 2 is 1.58 bits per heavy atom. The molecular weight excluding hydrogens is 484 g/mol. The number of fused-ring (bicyclic) bond motifs is 3. The van der Waals surface area contributed by atoms with E-state index >= 15 is 0 Å². The number of aliphatic hydroxyl groups excluding tert-OH is 1. The second-order valence-electron chi connectivity index (χ2n) is 6.15. The number of carbonyl (C=O) groups is 2. The molecule has 0 unspecified atom stereocenters. The van der Waals surface area contributed by atoms with Crippen LogP contribution in [0.2, 0.25) is 0 Å². The number of imide groups is 1. The third-order valence-electron chi connectivity index (χ3n) is 4.42. The lowest BCUT2D eigenvalue weighted by Gasteiger charge is -2.19. The Labute approximate surface area is 170 Å². The maximum Gasteiger partial charge on any atom is 0.288 e. The number of aliphatic hydroxyl groups is 1. The minimum atomic E-state index is -0.840. The van der Waals surface area contributed by atoms with Gasteiger partial charge in [-0.1, -0.05) is 43.6 Å². The van der Waals surface area contributed by atoms with Crippen molar-refractivity contribution < 1.29 is 14.7 Å². The van der Waals surface area contributed by atoms with Crippen LogP contribution in [0.25, 0.3) is 21.8 Å². The molecule has 0 radical (unpaired) electrons. The molecule has 2 heterocycles. The van der Waals surface area contributed by atoms with Gasteiger partial charge in [0, 0.05) is 30.8 Å². The fourth-order valence-corrected chi connectivity index (χ4v) is 4.74. The van der Waals surface area contributed by atoms with Gasteiger partial charge < -0.3 is 9.67 Å². The summed E-state index contributed by atoms with van der Waals surface area (Å²) < 4.78 is 4.00. The predicted octanol–water partition coefficient (Wildman–Crippen LogP) is 4.38. The number of amides is 2. The summed E-state index contributed by atoms with van der Waals surface area (Å²) in [7, 11) is 0. The van der Waals surface area contributed by atoms with Crippen LogP contribution in [0.1, 0.15) is 0 Å². The van der Waals surface area contributed by atoms with Crippen LogP contribution in [-0.2, 0) is 11.3 Å². The molecule has 0 spiro atoms. The summed E-state index contributed by atoms with van der Waals surface area (Å²) in [6.45, 7) is 0.309. The first-order chi connectivity index (χ1) is 12.4. The van der Waals surface area contributed by atoms with Gasteiger partial charge in [-0.25, -0.2) is 0 Å². The Morgan fingerprint density at radius 3 is 2.08 bits per heavy atom. The predicted molar refractivity (Wildman–Crippen MR) is 110 cm³/mol. The first kappa shape index (κ1) is 18.0. The zero-order valence-corrected chi connectivity index (χ0v) is 17.5. The number of thioether (sulfide) groups is 1. The standard InChI is InChI=1S/C18H14Br2N2O3S/c19-10-1-3-15-13(5-10)14-6-11(20)2-4-16(14)21(15)7-12(23)8-22-17(24)9-26-18(22)25/h1-6,12,23H,7-9H2/t12-/m0/s1. The normalized spacial score (nSPS) is 16.2. The molecule has 0 saturated carbocycles. The van der Waals surface area contributed by atoms with E-state index < -0.39 is 6.10 Å². The lowest BCUT2D eigenvalue weighted by atomic mass is 10.2. The van der Waals surface area contributed by atoms with E-state index in [9.17, 15) is 14.7 Å². The molecule has 1 aliphatic rings. The number of aromatic nitrogens is 1. The third-order valence-corrected chi connectivity index (χ3v) is 6.26. The van der Waals surface area contributed by atoms with Crippen LogP contribution in [0.15, 0.2) is 45.3 Å². The average Bonchev–Trinajstić information content (AvgIpc) is 3.07. The zero-order valence-electron chi connectivity index (χ0n) is 13.5. The van der Waals surface area contributed by atoms with Crippen molar-refractivity contribution in [1.29, 1.82) is 0 Å². The molecule has 0 aliphatic carbocycles. The topological polar surface area (TPSA) is 62.5 Å². The number of halogens is 2. The van der Waals surface area contributed by atoms with Crippen LogP contribution in [0.5, 0.6) is 0 Å². The highest BCUT2D eigenvalue weighted by Crippen LogP contribution is 2.33. The van der Waals surface area contributed by atoms with E-state index in [1.165, 1.54) is 0 Å². The highest BCUT2D eigenvalue weighted by atomic mass is 79.9. The number of hydrogen-bond donors (Lipinski definition) is 1. The smallest absolute Gasteiger partial charge is 0.288 e. The van der Waals surface area contributed by atoms with E-state index in [0.717, 1.165) is 47.4 Å². The molecule has 0 bridgehead atoms. The zero-order chi connectivity index (χ0) is 18.4. The van der Waals surface area contributed by atoms with E-state index in [2.05, 4.69) is 44.0 Å². The van der Waals surface area contributed by atoms with Crippen molar-refractivity contribution in [1.82, 2.24) is 9.47 Å². The first-order valence-electron chi connectivity index (χ1n) is 7.96. The molecule has 26 heavy (non-hydrogen) atoms. The van der Waals surface area contributed by atoms with Crippen LogP contribution in [0, 0.1) is 0 Å². The number of benzene rings is 2. The molecule has 1 atom stereocenters. The third kappa shape index (κ3) is 3.19. The van der Waals surface area contributed by atoms with Crippen LogP contribution in [0.4, 0.5) is 4.79 Å². The Bertz CT molecular complexity index is 975. The van der Waals surface area contributed by atoms with Crippen molar-refractivity contribution in [3.63, 3.8) is 0 Å². The quantitative estimate of drug-likeness (QED) is 0.581. The fourth-order valence-electron chi connectivity index (χ4n) is 3.28. The summed E-state index contributed by atoms with van der Waals surface area (Å²) in [6.07, 6.45) is -0.840. The van der Waals surface area contributed by atoms with Gasteiger partial charge in [0.1, 0.15) is 0 Å². The molecule has 1 N–H and O–H groups in total. The molecule has 8 heteroatoms. The Balaban J connectivity index is 1.73. The van der Waals surface area contributed by atoms with Crippen molar-refractivity contribution in [2.45, 2.75) is 12.6 Å². The lowest BCUT2D eigenvalue weighted by Crippen LogP contribution is -2.37. The number of β-amino-alcohol motifs (C(OH)–C–C–N with tert-alkyl or cyclic N) is 1. The lowest BCUT2D eigenvalue weighted by molar-refractivity contribution is -0.125. The van der Waals surface area contributed by atoms with Crippen LogP contribution in [0.3, 0.4) is 0 Å². The van der Waals surface area contributed by atoms with E-state index in [1.54, 1.807) is 0 Å². The summed E-state index contributed by atoms with van der Waals surface area (Å²) in [4.78, 5) is 24.7. The molecule has 4 rings (SSSR count). The van der Waals surface area contributed by atoms with Gasteiger partial charge in [-0.05, 0) is 36.4 Å². The van der Waals surface area contributed by atoms with Crippen LogP contribution in [-0.4, -0.2) is 44.1 Å². The highest BCUT2D eigenvalue weighted by Gasteiger charge is 2.31. The molecular formula is C18H14Br2N2O3S. The Morgan fingerprint density at radius 1 is 1.00 bits per heavy atom. The van der Waals surface area contributed by atoms with Crippen molar-refractivity contribution >= 4 is 76.6 Å². The molecule has 5 nitrogen and oxygen atoms in total. The minimum absolute atomic E-state index is 0.0128. The monoisotopic (exact) mass is 496 g/mol. The molecule has 1 aliphatic heterocycles. The highest BCUT2D eigenvalue weighted by molar-refractivity contribution is 9.10. The first-order valence-corrected chi connectivity index (χ1v) is 10.5. The van der Waals surface area contributed by atoms with E-state index in [1.807, 2.05) is 28.8 Å². The molecule has 2 aromatic carbocycles. The van der Waals surface area contributed by atoms with Gasteiger partial charge in [-0.15, -0.1) is 0 Å². The Kier molecular flexibility index (Phi) is 4.85. The molecule has 134 valence electrons. The van der Waals surface area contributed by atoms with Crippen LogP contribution < -0.4 is 0 Å². The largest absolute Gasteiger partial charge is 0.389 e. The SMILES string of the molecule is O=C1CSC(=O)N1C[C@@H](O)Cn1c2ccc(Br)cc2c2cc(Br)ccc21. The van der Waals surface area contributed by atoms with E-state index in [4.69, 9.17) is 0 Å². The molecule has 1 saturated heterocycles. The summed E-state index contributed by atoms with van der Waals surface area (Å²) in [5.74, 6) is -0.0858. The summed E-state index contributed by atoms with van der Waals surface area (Å²) in [6, 6.07) is 12.0. The van der Waals surface area contributed by atoms with Crippen molar-refractivity contribution in [3.05, 3.63) is 45.3 Å². The van der Waals surface area contributed by atoms with Gasteiger partial charge in [0.15, 0.2) is 0 Å². The van der Waals surface area contributed by atoms with E-state index in [0.29, 0.717) is 6.54 Å². The van der Waals surface area contributed by atoms with Gasteiger partial charge in [-0.2, -0.15) is 0 Å². The molecule has 1 fully saturated rings. The molecule has 2 amide bonds. The number of nitrogens with zero attached hydrogens (tertiary/aromatic N) is 2. The van der Waals surface area contributed by atoms with Crippen LogP contribution >= 0.6 is 43.6 Å². The van der Waals surface area contributed by atoms with Crippen molar-refractivity contribution in [3.8, 4) is 0 Å². The maximum atomic E-state index is 11.8. The van der Waals surface area contributed by atoms with Crippen molar-refractivity contribution in [2.75, 3.05) is 12.3 Å². The number of hydrogen-bond acceptors (Lipinski definition) is 4. The van der Waals surface area contributed by atoms with Gasteiger partial charge in [-0.3, -0.25) is 14.5 Å². The second kappa shape index (κ2) is 6.99. The van der Waals surface area contributed by atoms with Gasteiger partial charge >= 0.3 is 0 Å². The Hall–Kier alpha value is -1.35. The number of rotatable bonds is 4. The summed E-state index contributed by atoms with van der Waals surface area (Å²) in [5.41, 5.74) is 1.99. The summed E-state index contributed by atoms with van der Waals surface area (Å²) in [5, 5.41) is 12.4. The van der Waals surface area contributed by atoms with E-state index in [-0.39, 0.29) is 23.4 Å². The van der Waals surface area contributed by atoms with Gasteiger partial charge in [0.25, 0.3) is 5.24 Å². The van der Waals surface area contributed by atoms with Gasteiger partial charge in [0.2, 0.25) is 5.91 Å². The second-order valence-corrected chi connectivity index (χ2v) is 8.90. The number of carbonyl (C=O) groups excluding carboxylic acids is 2. The molecule has 3 aromatic rings. The summed E-state index contributed by atoms with van der Waals surface area (Å²) >= 11 is 8.01. The maximum absolute atomic E-state index is 11.8. The minimum Gasteiger partial charge on any atom is -0.389 e.